The van der Waals surface area contributed by atoms with E-state index in [0.29, 0.717) is 9.16 Å². The minimum absolute atomic E-state index is 0.455. The van der Waals surface area contributed by atoms with Gasteiger partial charge in [-0.25, -0.2) is 4.98 Å². The van der Waals surface area contributed by atoms with E-state index in [4.69, 9.17) is 10.0 Å². The fraction of sp³-hybridized carbons (Fsp3) is 0.167. The molecule has 0 saturated carbocycles. The Morgan fingerprint density at radius 1 is 1.45 bits per heavy atom. The number of aromatic nitrogens is 1. The summed E-state index contributed by atoms with van der Waals surface area (Å²) in [6.45, 7) is 1.86. The molecule has 5 heteroatoms. The van der Waals surface area contributed by atoms with E-state index in [9.17, 15) is 0 Å². The third-order valence-electron chi connectivity index (χ3n) is 1.29. The average Bonchev–Trinajstić information content (AvgIpc) is 1.85. The molecule has 0 unspecified atom stereocenters. The van der Waals surface area contributed by atoms with Crippen molar-refractivity contribution in [2.45, 2.75) is 6.92 Å². The van der Waals surface area contributed by atoms with Gasteiger partial charge in [-0.05, 0) is 35.6 Å². The van der Waals surface area contributed by atoms with Gasteiger partial charge in [0.1, 0.15) is 3.70 Å². The van der Waals surface area contributed by atoms with Crippen LogP contribution in [0.25, 0.3) is 0 Å². The average molecular weight is 263 g/mol. The predicted molar refractivity (Wildman–Crippen MR) is 51.5 cm³/mol. The van der Waals surface area contributed by atoms with Crippen LogP contribution in [0.3, 0.4) is 0 Å². The van der Waals surface area contributed by atoms with E-state index in [-0.39, 0.29) is 0 Å². The van der Waals surface area contributed by atoms with Crippen molar-refractivity contribution in [1.82, 2.24) is 4.98 Å². The fourth-order valence-electron chi connectivity index (χ4n) is 0.728. The molecule has 1 aromatic rings. The first-order chi connectivity index (χ1) is 5.11. The summed E-state index contributed by atoms with van der Waals surface area (Å²) in [4.78, 5) is 4.06. The molecule has 0 aliphatic carbocycles. The Morgan fingerprint density at radius 2 is 2.09 bits per heavy atom. The summed E-state index contributed by atoms with van der Waals surface area (Å²) in [5, 5.41) is 17.6. The third-order valence-corrected chi connectivity index (χ3v) is 2.16. The molecule has 1 aromatic heterocycles. The lowest BCUT2D eigenvalue weighted by atomic mass is 9.82. The van der Waals surface area contributed by atoms with E-state index >= 15 is 0 Å². The van der Waals surface area contributed by atoms with Crippen LogP contribution in [-0.4, -0.2) is 22.2 Å². The smallest absolute Gasteiger partial charge is 0.423 e. The first kappa shape index (κ1) is 8.96. The first-order valence-electron chi connectivity index (χ1n) is 3.10. The molecule has 0 fully saturated rings. The van der Waals surface area contributed by atoms with E-state index < -0.39 is 7.12 Å². The van der Waals surface area contributed by atoms with E-state index in [2.05, 4.69) is 4.98 Å². The highest BCUT2D eigenvalue weighted by atomic mass is 127. The van der Waals surface area contributed by atoms with Gasteiger partial charge in [0.2, 0.25) is 0 Å². The Kier molecular flexibility index (Phi) is 2.86. The monoisotopic (exact) mass is 263 g/mol. The number of aryl methyl sites for hydroxylation is 1. The van der Waals surface area contributed by atoms with Crippen molar-refractivity contribution in [1.29, 1.82) is 0 Å². The second-order valence-electron chi connectivity index (χ2n) is 2.21. The van der Waals surface area contributed by atoms with Crippen molar-refractivity contribution >= 4 is 35.2 Å². The minimum Gasteiger partial charge on any atom is -0.423 e. The lowest BCUT2D eigenvalue weighted by molar-refractivity contribution is 0.425. The number of nitrogens with zero attached hydrogens (tertiary/aromatic N) is 1. The van der Waals surface area contributed by atoms with Gasteiger partial charge in [-0.15, -0.1) is 0 Å². The van der Waals surface area contributed by atoms with Crippen LogP contribution in [0.5, 0.6) is 0 Å². The van der Waals surface area contributed by atoms with E-state index in [1.54, 1.807) is 12.1 Å². The molecule has 1 heterocycles. The summed E-state index contributed by atoms with van der Waals surface area (Å²) >= 11 is 1.97. The number of rotatable bonds is 1. The number of halogens is 1. The molecule has 11 heavy (non-hydrogen) atoms. The second kappa shape index (κ2) is 3.51. The van der Waals surface area contributed by atoms with Crippen LogP contribution in [0.15, 0.2) is 12.1 Å². The molecule has 3 nitrogen and oxygen atoms in total. The van der Waals surface area contributed by atoms with Crippen LogP contribution in [0.1, 0.15) is 5.69 Å². The van der Waals surface area contributed by atoms with Crippen molar-refractivity contribution in [3.63, 3.8) is 0 Å². The Morgan fingerprint density at radius 3 is 2.55 bits per heavy atom. The maximum absolute atomic E-state index is 8.81. The van der Waals surface area contributed by atoms with Crippen molar-refractivity contribution in [3.05, 3.63) is 21.5 Å². The number of hydrogen-bond acceptors (Lipinski definition) is 3. The topological polar surface area (TPSA) is 53.4 Å². The van der Waals surface area contributed by atoms with Crippen molar-refractivity contribution < 1.29 is 10.0 Å². The maximum atomic E-state index is 8.81. The van der Waals surface area contributed by atoms with Gasteiger partial charge in [0.15, 0.2) is 0 Å². The Hall–Kier alpha value is -0.135. The SMILES string of the molecule is Cc1ccc(B(O)O)c(I)n1. The highest BCUT2D eigenvalue weighted by Gasteiger charge is 2.14. The Balaban J connectivity index is 3.09. The molecule has 1 rings (SSSR count). The van der Waals surface area contributed by atoms with E-state index in [1.807, 2.05) is 29.5 Å². The molecule has 0 atom stereocenters. The standard InChI is InChI=1S/C6H7BINO2/c1-4-2-3-5(7(10)11)6(8)9-4/h2-3,10-11H,1H3. The van der Waals surface area contributed by atoms with E-state index in [1.165, 1.54) is 0 Å². The Bertz CT molecular complexity index is 267. The molecular formula is C6H7BINO2. The van der Waals surface area contributed by atoms with Gasteiger partial charge in [0.05, 0.1) is 0 Å². The van der Waals surface area contributed by atoms with Crippen molar-refractivity contribution in [2.24, 2.45) is 0 Å². The molecule has 0 amide bonds. The zero-order valence-corrected chi connectivity index (χ0v) is 8.11. The summed E-state index contributed by atoms with van der Waals surface area (Å²) in [6.07, 6.45) is 0. The summed E-state index contributed by atoms with van der Waals surface area (Å²) in [7, 11) is -1.42. The molecule has 0 bridgehead atoms. The fourth-order valence-corrected chi connectivity index (χ4v) is 1.57. The molecule has 0 aromatic carbocycles. The molecule has 2 N–H and O–H groups in total. The highest BCUT2D eigenvalue weighted by molar-refractivity contribution is 14.1. The van der Waals surface area contributed by atoms with Crippen LogP contribution in [-0.2, 0) is 0 Å². The van der Waals surface area contributed by atoms with Crippen LogP contribution in [0.4, 0.5) is 0 Å². The van der Waals surface area contributed by atoms with Gasteiger partial charge in [0.25, 0.3) is 0 Å². The van der Waals surface area contributed by atoms with Gasteiger partial charge >= 0.3 is 7.12 Å². The zero-order chi connectivity index (χ0) is 8.43. The third kappa shape index (κ3) is 2.15. The summed E-state index contributed by atoms with van der Waals surface area (Å²) < 4.78 is 0.637. The molecule has 0 saturated heterocycles. The van der Waals surface area contributed by atoms with Crippen molar-refractivity contribution in [3.8, 4) is 0 Å². The molecule has 0 spiro atoms. The minimum atomic E-state index is -1.42. The van der Waals surface area contributed by atoms with Crippen LogP contribution in [0, 0.1) is 10.6 Å². The van der Waals surface area contributed by atoms with Gasteiger partial charge in [0, 0.05) is 11.2 Å². The maximum Gasteiger partial charge on any atom is 0.491 e. The summed E-state index contributed by atoms with van der Waals surface area (Å²) in [6, 6.07) is 3.41. The normalized spacial score (nSPS) is 9.82. The van der Waals surface area contributed by atoms with Gasteiger partial charge in [-0.1, -0.05) is 6.07 Å². The lowest BCUT2D eigenvalue weighted by Crippen LogP contribution is -2.33. The highest BCUT2D eigenvalue weighted by Crippen LogP contribution is 1.99. The molecule has 0 aliphatic heterocycles. The Labute approximate surface area is 78.8 Å². The predicted octanol–water partition coefficient (Wildman–Crippen LogP) is -0.326. The van der Waals surface area contributed by atoms with Gasteiger partial charge in [-0.2, -0.15) is 0 Å². The summed E-state index contributed by atoms with van der Waals surface area (Å²) in [5.41, 5.74) is 1.33. The van der Waals surface area contributed by atoms with Gasteiger partial charge in [-0.3, -0.25) is 0 Å². The quantitative estimate of drug-likeness (QED) is 0.414. The summed E-state index contributed by atoms with van der Waals surface area (Å²) in [5.74, 6) is 0. The van der Waals surface area contributed by atoms with Crippen LogP contribution in [0.2, 0.25) is 0 Å². The molecule has 0 radical (unpaired) electrons. The second-order valence-corrected chi connectivity index (χ2v) is 3.23. The van der Waals surface area contributed by atoms with Gasteiger partial charge < -0.3 is 10.0 Å². The van der Waals surface area contributed by atoms with Crippen LogP contribution < -0.4 is 5.46 Å². The van der Waals surface area contributed by atoms with Crippen molar-refractivity contribution in [2.75, 3.05) is 0 Å². The molecule has 0 aliphatic rings. The molecule has 58 valence electrons. The number of pyridine rings is 1. The molecular weight excluding hydrogens is 256 g/mol. The zero-order valence-electron chi connectivity index (χ0n) is 5.95. The van der Waals surface area contributed by atoms with Crippen LogP contribution >= 0.6 is 22.6 Å². The lowest BCUT2D eigenvalue weighted by Gasteiger charge is -2.01. The number of hydrogen-bond donors (Lipinski definition) is 2. The largest absolute Gasteiger partial charge is 0.491 e. The van der Waals surface area contributed by atoms with E-state index in [0.717, 1.165) is 5.69 Å². The first-order valence-corrected chi connectivity index (χ1v) is 4.18.